The average Bonchev–Trinajstić information content (AvgIpc) is 2.94. The van der Waals surface area contributed by atoms with Gasteiger partial charge in [0.15, 0.2) is 0 Å². The summed E-state index contributed by atoms with van der Waals surface area (Å²) < 4.78 is 5.19. The molecule has 3 atom stereocenters. The number of nitrogens with two attached hydrogens (primary N) is 1. The van der Waals surface area contributed by atoms with Crippen LogP contribution < -0.4 is 10.5 Å². The van der Waals surface area contributed by atoms with Crippen molar-refractivity contribution >= 4 is 0 Å². The predicted molar refractivity (Wildman–Crippen MR) is 79.4 cm³/mol. The quantitative estimate of drug-likeness (QED) is 0.887. The topological polar surface area (TPSA) is 38.5 Å². The minimum Gasteiger partial charge on any atom is -0.497 e. The minimum absolute atomic E-state index is 0.0708. The third-order valence-corrected chi connectivity index (χ3v) is 4.49. The number of benzene rings is 1. The first kappa shape index (κ1) is 14.4. The Bertz CT molecular complexity index is 390. The summed E-state index contributed by atoms with van der Waals surface area (Å²) in [5.41, 5.74) is 7.60. The van der Waals surface area contributed by atoms with E-state index < -0.39 is 0 Å². The molecule has 106 valence electrons. The summed E-state index contributed by atoms with van der Waals surface area (Å²) in [5, 5.41) is 0. The maximum absolute atomic E-state index is 6.41. The van der Waals surface area contributed by atoms with Gasteiger partial charge in [-0.2, -0.15) is 0 Å². The maximum atomic E-state index is 6.41. The van der Waals surface area contributed by atoms with Gasteiger partial charge in [0.2, 0.25) is 0 Å². The van der Waals surface area contributed by atoms with E-state index in [2.05, 4.69) is 30.9 Å². The molecule has 1 heterocycles. The molecule has 1 aliphatic heterocycles. The molecule has 1 aliphatic rings. The zero-order valence-corrected chi connectivity index (χ0v) is 12.3. The summed E-state index contributed by atoms with van der Waals surface area (Å²) in [6.45, 7) is 6.90. The van der Waals surface area contributed by atoms with Crippen LogP contribution in [-0.2, 0) is 0 Å². The Kier molecular flexibility index (Phi) is 4.83. The van der Waals surface area contributed by atoms with Crippen LogP contribution in [0.2, 0.25) is 0 Å². The van der Waals surface area contributed by atoms with Crippen molar-refractivity contribution in [1.82, 2.24) is 4.90 Å². The maximum Gasteiger partial charge on any atom is 0.118 e. The third kappa shape index (κ3) is 3.28. The van der Waals surface area contributed by atoms with Gasteiger partial charge in [-0.25, -0.2) is 0 Å². The second-order valence-corrected chi connectivity index (χ2v) is 5.60. The Morgan fingerprint density at radius 2 is 2.05 bits per heavy atom. The standard InChI is InChI=1S/C16H26N2O/c1-4-13-9-10-18(11-13)12(2)16(17)14-5-7-15(19-3)8-6-14/h5-8,12-13,16H,4,9-11,17H2,1-3H3. The summed E-state index contributed by atoms with van der Waals surface area (Å²) in [7, 11) is 1.69. The lowest BCUT2D eigenvalue weighted by Gasteiger charge is -2.30. The van der Waals surface area contributed by atoms with Crippen molar-refractivity contribution in [1.29, 1.82) is 0 Å². The molecule has 1 aromatic rings. The second-order valence-electron chi connectivity index (χ2n) is 5.60. The monoisotopic (exact) mass is 262 g/mol. The van der Waals surface area contributed by atoms with Gasteiger partial charge < -0.3 is 10.5 Å². The van der Waals surface area contributed by atoms with Crippen molar-refractivity contribution in [3.63, 3.8) is 0 Å². The van der Waals surface area contributed by atoms with E-state index in [9.17, 15) is 0 Å². The van der Waals surface area contributed by atoms with Gasteiger partial charge in [0.05, 0.1) is 7.11 Å². The zero-order chi connectivity index (χ0) is 13.8. The molecule has 19 heavy (non-hydrogen) atoms. The molecular weight excluding hydrogens is 236 g/mol. The Morgan fingerprint density at radius 1 is 1.37 bits per heavy atom. The van der Waals surface area contributed by atoms with Crippen LogP contribution in [0, 0.1) is 5.92 Å². The fourth-order valence-corrected chi connectivity index (χ4v) is 2.90. The van der Waals surface area contributed by atoms with Crippen LogP contribution in [0.1, 0.15) is 38.3 Å². The van der Waals surface area contributed by atoms with Gasteiger partial charge >= 0.3 is 0 Å². The van der Waals surface area contributed by atoms with Gasteiger partial charge in [0.25, 0.3) is 0 Å². The van der Waals surface area contributed by atoms with Gasteiger partial charge in [-0.15, -0.1) is 0 Å². The van der Waals surface area contributed by atoms with E-state index in [0.29, 0.717) is 6.04 Å². The highest BCUT2D eigenvalue weighted by atomic mass is 16.5. The first-order valence-corrected chi connectivity index (χ1v) is 7.29. The molecule has 1 fully saturated rings. The lowest BCUT2D eigenvalue weighted by molar-refractivity contribution is 0.218. The van der Waals surface area contributed by atoms with Crippen molar-refractivity contribution in [3.05, 3.63) is 29.8 Å². The molecule has 1 saturated heterocycles. The Labute approximate surface area is 116 Å². The molecule has 0 bridgehead atoms. The molecule has 0 aliphatic carbocycles. The summed E-state index contributed by atoms with van der Waals surface area (Å²) in [6.07, 6.45) is 2.59. The summed E-state index contributed by atoms with van der Waals surface area (Å²) >= 11 is 0. The van der Waals surface area contributed by atoms with Crippen LogP contribution in [-0.4, -0.2) is 31.1 Å². The lowest BCUT2D eigenvalue weighted by atomic mass is 10.00. The SMILES string of the molecule is CCC1CCN(C(C)C(N)c2ccc(OC)cc2)C1. The molecule has 0 radical (unpaired) electrons. The van der Waals surface area contributed by atoms with Gasteiger partial charge in [0.1, 0.15) is 5.75 Å². The lowest BCUT2D eigenvalue weighted by Crippen LogP contribution is -2.39. The van der Waals surface area contributed by atoms with Crippen LogP contribution in [0.3, 0.4) is 0 Å². The van der Waals surface area contributed by atoms with Crippen molar-refractivity contribution in [2.45, 2.75) is 38.8 Å². The number of methoxy groups -OCH3 is 1. The van der Waals surface area contributed by atoms with E-state index in [1.165, 1.54) is 31.5 Å². The fraction of sp³-hybridized carbons (Fsp3) is 0.625. The minimum atomic E-state index is 0.0708. The molecule has 0 aromatic heterocycles. The van der Waals surface area contributed by atoms with Crippen LogP contribution in [0.25, 0.3) is 0 Å². The Morgan fingerprint density at radius 3 is 2.58 bits per heavy atom. The van der Waals surface area contributed by atoms with Crippen molar-refractivity contribution < 1.29 is 4.74 Å². The predicted octanol–water partition coefficient (Wildman–Crippen LogP) is 2.82. The van der Waals surface area contributed by atoms with Crippen LogP contribution in [0.4, 0.5) is 0 Å². The summed E-state index contributed by atoms with van der Waals surface area (Å²) in [5.74, 6) is 1.74. The number of likely N-dealkylation sites (tertiary alicyclic amines) is 1. The first-order valence-electron chi connectivity index (χ1n) is 7.29. The van der Waals surface area contributed by atoms with E-state index in [0.717, 1.165) is 11.7 Å². The van der Waals surface area contributed by atoms with Crippen molar-refractivity contribution in [3.8, 4) is 5.75 Å². The molecule has 2 rings (SSSR count). The molecule has 1 aromatic carbocycles. The molecule has 0 spiro atoms. The number of ether oxygens (including phenoxy) is 1. The van der Waals surface area contributed by atoms with E-state index in [-0.39, 0.29) is 6.04 Å². The number of nitrogens with zero attached hydrogens (tertiary/aromatic N) is 1. The summed E-state index contributed by atoms with van der Waals surface area (Å²) in [4.78, 5) is 2.53. The fourth-order valence-electron chi connectivity index (χ4n) is 2.90. The van der Waals surface area contributed by atoms with Gasteiger partial charge in [-0.3, -0.25) is 4.90 Å². The second kappa shape index (κ2) is 6.40. The highest BCUT2D eigenvalue weighted by molar-refractivity contribution is 5.29. The average molecular weight is 262 g/mol. The van der Waals surface area contributed by atoms with E-state index in [4.69, 9.17) is 10.5 Å². The van der Waals surface area contributed by atoms with E-state index >= 15 is 0 Å². The van der Waals surface area contributed by atoms with Crippen LogP contribution in [0.5, 0.6) is 5.75 Å². The number of rotatable bonds is 5. The highest BCUT2D eigenvalue weighted by Gasteiger charge is 2.28. The number of hydrogen-bond donors (Lipinski definition) is 1. The van der Waals surface area contributed by atoms with Gasteiger partial charge in [0, 0.05) is 18.6 Å². The largest absolute Gasteiger partial charge is 0.497 e. The molecule has 2 N–H and O–H groups in total. The Balaban J connectivity index is 1.99. The van der Waals surface area contributed by atoms with E-state index in [1.54, 1.807) is 7.11 Å². The van der Waals surface area contributed by atoms with E-state index in [1.807, 2.05) is 12.1 Å². The molecular formula is C16H26N2O. The third-order valence-electron chi connectivity index (χ3n) is 4.49. The molecule has 0 amide bonds. The first-order chi connectivity index (χ1) is 9.15. The van der Waals surface area contributed by atoms with Gasteiger partial charge in [-0.05, 0) is 43.5 Å². The van der Waals surface area contributed by atoms with Crippen LogP contribution in [0.15, 0.2) is 24.3 Å². The molecule has 3 unspecified atom stereocenters. The smallest absolute Gasteiger partial charge is 0.118 e. The highest BCUT2D eigenvalue weighted by Crippen LogP contribution is 2.27. The zero-order valence-electron chi connectivity index (χ0n) is 12.3. The van der Waals surface area contributed by atoms with Gasteiger partial charge in [-0.1, -0.05) is 25.5 Å². The molecule has 3 heteroatoms. The number of hydrogen-bond acceptors (Lipinski definition) is 3. The normalized spacial score (nSPS) is 23.3. The van der Waals surface area contributed by atoms with Crippen LogP contribution >= 0.6 is 0 Å². The summed E-state index contributed by atoms with van der Waals surface area (Å²) in [6, 6.07) is 8.59. The Hall–Kier alpha value is -1.06. The molecule has 3 nitrogen and oxygen atoms in total. The van der Waals surface area contributed by atoms with Crippen molar-refractivity contribution in [2.75, 3.05) is 20.2 Å². The molecule has 0 saturated carbocycles. The van der Waals surface area contributed by atoms with Crippen molar-refractivity contribution in [2.24, 2.45) is 11.7 Å².